The van der Waals surface area contributed by atoms with Crippen LogP contribution in [0.2, 0.25) is 0 Å². The summed E-state index contributed by atoms with van der Waals surface area (Å²) in [5.41, 5.74) is 0.988. The molecule has 0 fully saturated rings. The van der Waals surface area contributed by atoms with E-state index in [2.05, 4.69) is 11.9 Å². The average molecular weight is 195 g/mol. The predicted octanol–water partition coefficient (Wildman–Crippen LogP) is 1.32. The molecule has 0 aliphatic carbocycles. The smallest absolute Gasteiger partial charge is 0.0777 e. The minimum absolute atomic E-state index is 0.177. The first-order chi connectivity index (χ1) is 6.77. The van der Waals surface area contributed by atoms with Crippen molar-refractivity contribution in [3.05, 3.63) is 30.1 Å². The Morgan fingerprint density at radius 2 is 2.21 bits per heavy atom. The molecule has 0 amide bonds. The van der Waals surface area contributed by atoms with Gasteiger partial charge < -0.3 is 10.2 Å². The molecule has 1 aromatic rings. The van der Waals surface area contributed by atoms with E-state index >= 15 is 0 Å². The highest BCUT2D eigenvalue weighted by Crippen LogP contribution is 2.22. The van der Waals surface area contributed by atoms with E-state index in [1.165, 1.54) is 0 Å². The Hall–Kier alpha value is -0.930. The summed E-state index contributed by atoms with van der Waals surface area (Å²) in [6.07, 6.45) is 2.61. The SMILES string of the molecule is CCC(CC(O)CO)c1ccccn1. The Morgan fingerprint density at radius 3 is 2.71 bits per heavy atom. The lowest BCUT2D eigenvalue weighted by molar-refractivity contribution is 0.0814. The lowest BCUT2D eigenvalue weighted by atomic mass is 9.95. The minimum Gasteiger partial charge on any atom is -0.394 e. The van der Waals surface area contributed by atoms with Gasteiger partial charge in [0.15, 0.2) is 0 Å². The Labute approximate surface area is 84.4 Å². The third-order valence-electron chi connectivity index (χ3n) is 2.37. The first kappa shape index (κ1) is 11.1. The van der Waals surface area contributed by atoms with Gasteiger partial charge in [0.25, 0.3) is 0 Å². The lowest BCUT2D eigenvalue weighted by Gasteiger charge is -2.16. The molecule has 0 bridgehead atoms. The summed E-state index contributed by atoms with van der Waals surface area (Å²) in [4.78, 5) is 4.24. The maximum atomic E-state index is 9.34. The van der Waals surface area contributed by atoms with Crippen LogP contribution in [-0.4, -0.2) is 27.9 Å². The number of rotatable bonds is 5. The van der Waals surface area contributed by atoms with Crippen LogP contribution < -0.4 is 0 Å². The van der Waals surface area contributed by atoms with Crippen molar-refractivity contribution in [2.24, 2.45) is 0 Å². The normalized spacial score (nSPS) is 15.1. The van der Waals surface area contributed by atoms with Crippen LogP contribution in [0.25, 0.3) is 0 Å². The van der Waals surface area contributed by atoms with E-state index in [1.807, 2.05) is 18.2 Å². The molecule has 3 nitrogen and oxygen atoms in total. The number of aliphatic hydroxyl groups excluding tert-OH is 2. The second kappa shape index (κ2) is 5.73. The van der Waals surface area contributed by atoms with Crippen molar-refractivity contribution in [2.75, 3.05) is 6.61 Å². The molecule has 0 aliphatic rings. The fourth-order valence-electron chi connectivity index (χ4n) is 1.52. The molecule has 0 aliphatic heterocycles. The third kappa shape index (κ3) is 3.09. The molecule has 0 radical (unpaired) electrons. The zero-order valence-corrected chi connectivity index (χ0v) is 8.43. The van der Waals surface area contributed by atoms with Gasteiger partial charge in [0, 0.05) is 17.8 Å². The topological polar surface area (TPSA) is 53.4 Å². The van der Waals surface area contributed by atoms with Crippen molar-refractivity contribution in [1.82, 2.24) is 4.98 Å². The number of aromatic nitrogens is 1. The van der Waals surface area contributed by atoms with E-state index in [-0.39, 0.29) is 12.5 Å². The van der Waals surface area contributed by atoms with Gasteiger partial charge >= 0.3 is 0 Å². The number of pyridine rings is 1. The molecule has 2 N–H and O–H groups in total. The Morgan fingerprint density at radius 1 is 1.43 bits per heavy atom. The van der Waals surface area contributed by atoms with Gasteiger partial charge in [0.2, 0.25) is 0 Å². The largest absolute Gasteiger partial charge is 0.394 e. The maximum absolute atomic E-state index is 9.34. The standard InChI is InChI=1S/C11H17NO2/c1-2-9(7-10(14)8-13)11-5-3-4-6-12-11/h3-6,9-10,13-14H,2,7-8H2,1H3. The molecular weight excluding hydrogens is 178 g/mol. The predicted molar refractivity (Wildman–Crippen MR) is 55.0 cm³/mol. The molecule has 0 aromatic carbocycles. The first-order valence-corrected chi connectivity index (χ1v) is 4.97. The minimum atomic E-state index is -0.637. The van der Waals surface area contributed by atoms with Crippen LogP contribution in [-0.2, 0) is 0 Å². The summed E-state index contributed by atoms with van der Waals surface area (Å²) in [5, 5.41) is 18.1. The van der Waals surface area contributed by atoms with Gasteiger partial charge in [-0.05, 0) is 25.0 Å². The monoisotopic (exact) mass is 195 g/mol. The van der Waals surface area contributed by atoms with Crippen LogP contribution >= 0.6 is 0 Å². The highest BCUT2D eigenvalue weighted by atomic mass is 16.3. The van der Waals surface area contributed by atoms with Crippen molar-refractivity contribution in [3.63, 3.8) is 0 Å². The second-order valence-electron chi connectivity index (χ2n) is 3.43. The molecule has 1 heterocycles. The van der Waals surface area contributed by atoms with E-state index < -0.39 is 6.10 Å². The van der Waals surface area contributed by atoms with Gasteiger partial charge in [-0.25, -0.2) is 0 Å². The molecule has 3 heteroatoms. The number of aliphatic hydroxyl groups is 2. The van der Waals surface area contributed by atoms with Crippen LogP contribution in [0.4, 0.5) is 0 Å². The fourth-order valence-corrected chi connectivity index (χ4v) is 1.52. The average Bonchev–Trinajstić information content (AvgIpc) is 2.26. The van der Waals surface area contributed by atoms with E-state index in [1.54, 1.807) is 6.20 Å². The van der Waals surface area contributed by atoms with Gasteiger partial charge in [0.05, 0.1) is 12.7 Å². The first-order valence-electron chi connectivity index (χ1n) is 4.97. The van der Waals surface area contributed by atoms with Crippen LogP contribution in [0.5, 0.6) is 0 Å². The summed E-state index contributed by atoms with van der Waals surface area (Å²) in [6.45, 7) is 1.88. The molecule has 14 heavy (non-hydrogen) atoms. The van der Waals surface area contributed by atoms with Crippen molar-refractivity contribution >= 4 is 0 Å². The molecule has 78 valence electrons. The van der Waals surface area contributed by atoms with Crippen molar-refractivity contribution < 1.29 is 10.2 Å². The molecule has 1 rings (SSSR count). The van der Waals surface area contributed by atoms with E-state index in [0.717, 1.165) is 12.1 Å². The third-order valence-corrected chi connectivity index (χ3v) is 2.37. The molecule has 0 saturated carbocycles. The van der Waals surface area contributed by atoms with Crippen LogP contribution in [0.3, 0.4) is 0 Å². The van der Waals surface area contributed by atoms with E-state index in [0.29, 0.717) is 6.42 Å². The second-order valence-corrected chi connectivity index (χ2v) is 3.43. The summed E-state index contributed by atoms with van der Waals surface area (Å²) >= 11 is 0. The number of hydrogen-bond donors (Lipinski definition) is 2. The van der Waals surface area contributed by atoms with Gasteiger partial charge in [-0.15, -0.1) is 0 Å². The summed E-state index contributed by atoms with van der Waals surface area (Å²) in [7, 11) is 0. The molecule has 0 saturated heterocycles. The fraction of sp³-hybridized carbons (Fsp3) is 0.545. The number of nitrogens with zero attached hydrogens (tertiary/aromatic N) is 1. The molecule has 2 atom stereocenters. The number of hydrogen-bond acceptors (Lipinski definition) is 3. The lowest BCUT2D eigenvalue weighted by Crippen LogP contribution is -2.16. The van der Waals surface area contributed by atoms with Gasteiger partial charge in [-0.1, -0.05) is 13.0 Å². The van der Waals surface area contributed by atoms with Crippen molar-refractivity contribution in [2.45, 2.75) is 31.8 Å². The highest BCUT2D eigenvalue weighted by molar-refractivity contribution is 5.09. The quantitative estimate of drug-likeness (QED) is 0.745. The van der Waals surface area contributed by atoms with Crippen molar-refractivity contribution in [3.8, 4) is 0 Å². The summed E-state index contributed by atoms with van der Waals surface area (Å²) in [5.74, 6) is 0.235. The van der Waals surface area contributed by atoms with Gasteiger partial charge in [0.1, 0.15) is 0 Å². The molecule has 0 spiro atoms. The van der Waals surface area contributed by atoms with E-state index in [4.69, 9.17) is 5.11 Å². The summed E-state index contributed by atoms with van der Waals surface area (Å²) < 4.78 is 0. The van der Waals surface area contributed by atoms with Gasteiger partial charge in [-0.2, -0.15) is 0 Å². The van der Waals surface area contributed by atoms with Crippen LogP contribution in [0, 0.1) is 0 Å². The molecular formula is C11H17NO2. The van der Waals surface area contributed by atoms with Crippen molar-refractivity contribution in [1.29, 1.82) is 0 Å². The highest BCUT2D eigenvalue weighted by Gasteiger charge is 2.14. The zero-order chi connectivity index (χ0) is 10.4. The molecule has 2 unspecified atom stereocenters. The maximum Gasteiger partial charge on any atom is 0.0777 e. The van der Waals surface area contributed by atoms with E-state index in [9.17, 15) is 5.11 Å². The Bertz CT molecular complexity index is 251. The molecule has 1 aromatic heterocycles. The summed E-state index contributed by atoms with van der Waals surface area (Å²) in [6, 6.07) is 5.77. The zero-order valence-electron chi connectivity index (χ0n) is 8.43. The van der Waals surface area contributed by atoms with Crippen LogP contribution in [0.15, 0.2) is 24.4 Å². The Balaban J connectivity index is 2.63. The van der Waals surface area contributed by atoms with Gasteiger partial charge in [-0.3, -0.25) is 4.98 Å². The van der Waals surface area contributed by atoms with Crippen LogP contribution in [0.1, 0.15) is 31.4 Å². The Kier molecular flexibility index (Phi) is 4.56.